The summed E-state index contributed by atoms with van der Waals surface area (Å²) in [5.74, 6) is 1.54. The maximum Gasteiger partial charge on any atom is 0.293 e. The lowest BCUT2D eigenvalue weighted by Crippen LogP contribution is -2.32. The van der Waals surface area contributed by atoms with Gasteiger partial charge in [-0.1, -0.05) is 11.6 Å². The molecular formula is C21H20ClNO6S. The minimum absolute atomic E-state index is 0.133. The molecule has 3 rings (SSSR count). The number of imide groups is 1. The van der Waals surface area contributed by atoms with Crippen LogP contribution in [0.5, 0.6) is 23.0 Å². The Morgan fingerprint density at radius 1 is 0.967 bits per heavy atom. The lowest BCUT2D eigenvalue weighted by Gasteiger charge is -2.14. The van der Waals surface area contributed by atoms with Crippen LogP contribution < -0.4 is 18.9 Å². The molecule has 158 valence electrons. The molecule has 0 atom stereocenters. The lowest BCUT2D eigenvalue weighted by molar-refractivity contribution is -0.123. The van der Waals surface area contributed by atoms with E-state index in [9.17, 15) is 9.59 Å². The summed E-state index contributed by atoms with van der Waals surface area (Å²) in [6, 6.07) is 10.3. The number of rotatable bonds is 8. The van der Waals surface area contributed by atoms with E-state index < -0.39 is 0 Å². The van der Waals surface area contributed by atoms with Gasteiger partial charge in [0.15, 0.2) is 11.5 Å². The van der Waals surface area contributed by atoms with Gasteiger partial charge in [-0.15, -0.1) is 0 Å². The van der Waals surface area contributed by atoms with Crippen molar-refractivity contribution in [2.75, 3.05) is 34.5 Å². The smallest absolute Gasteiger partial charge is 0.293 e. The SMILES string of the molecule is COc1ccc(/C=C2\SC(=O)N(CCOc3ccc(Cl)cc3)C2=O)c(OC)c1OC. The molecule has 2 aromatic carbocycles. The summed E-state index contributed by atoms with van der Waals surface area (Å²) in [4.78, 5) is 26.5. The van der Waals surface area contributed by atoms with Gasteiger partial charge < -0.3 is 18.9 Å². The van der Waals surface area contributed by atoms with Gasteiger partial charge in [0.2, 0.25) is 5.75 Å². The van der Waals surface area contributed by atoms with Crippen LogP contribution in [-0.4, -0.2) is 50.5 Å². The van der Waals surface area contributed by atoms with Gasteiger partial charge in [-0.2, -0.15) is 0 Å². The Balaban J connectivity index is 1.74. The Labute approximate surface area is 183 Å². The van der Waals surface area contributed by atoms with E-state index in [1.165, 1.54) is 21.3 Å². The number of halogens is 1. The maximum atomic E-state index is 12.7. The number of methoxy groups -OCH3 is 3. The monoisotopic (exact) mass is 449 g/mol. The molecule has 0 radical (unpaired) electrons. The van der Waals surface area contributed by atoms with Crippen LogP contribution in [0.2, 0.25) is 5.02 Å². The van der Waals surface area contributed by atoms with Gasteiger partial charge in [0.05, 0.1) is 32.8 Å². The lowest BCUT2D eigenvalue weighted by atomic mass is 10.1. The first-order valence-electron chi connectivity index (χ1n) is 8.91. The summed E-state index contributed by atoms with van der Waals surface area (Å²) < 4.78 is 21.6. The van der Waals surface area contributed by atoms with Crippen molar-refractivity contribution in [3.05, 3.63) is 51.9 Å². The van der Waals surface area contributed by atoms with Gasteiger partial charge in [-0.3, -0.25) is 14.5 Å². The first-order chi connectivity index (χ1) is 14.5. The average Bonchev–Trinajstić information content (AvgIpc) is 3.01. The summed E-state index contributed by atoms with van der Waals surface area (Å²) in [6.07, 6.45) is 1.60. The molecule has 1 fully saturated rings. The van der Waals surface area contributed by atoms with E-state index in [1.807, 2.05) is 0 Å². The molecule has 7 nitrogen and oxygen atoms in total. The quantitative estimate of drug-likeness (QED) is 0.550. The molecule has 2 aromatic rings. The van der Waals surface area contributed by atoms with Crippen molar-refractivity contribution in [2.45, 2.75) is 0 Å². The van der Waals surface area contributed by atoms with Crippen LogP contribution in [0.25, 0.3) is 6.08 Å². The maximum absolute atomic E-state index is 12.7. The number of ether oxygens (including phenoxy) is 4. The standard InChI is InChI=1S/C21H20ClNO6S/c1-26-16-9-4-13(18(27-2)19(16)28-3)12-17-20(24)23(21(25)30-17)10-11-29-15-7-5-14(22)6-8-15/h4-9,12H,10-11H2,1-3H3/b17-12-. The number of carbonyl (C=O) groups is 2. The molecule has 0 aromatic heterocycles. The molecule has 0 spiro atoms. The molecule has 30 heavy (non-hydrogen) atoms. The highest BCUT2D eigenvalue weighted by molar-refractivity contribution is 8.18. The highest BCUT2D eigenvalue weighted by atomic mass is 35.5. The number of hydrogen-bond acceptors (Lipinski definition) is 7. The molecule has 0 unspecified atom stereocenters. The average molecular weight is 450 g/mol. The second-order valence-electron chi connectivity index (χ2n) is 6.06. The fraction of sp³-hybridized carbons (Fsp3) is 0.238. The fourth-order valence-electron chi connectivity index (χ4n) is 2.86. The first-order valence-corrected chi connectivity index (χ1v) is 10.1. The van der Waals surface area contributed by atoms with Crippen LogP contribution in [0.15, 0.2) is 41.3 Å². The minimum atomic E-state index is -0.387. The van der Waals surface area contributed by atoms with E-state index in [2.05, 4.69) is 0 Å². The number of benzene rings is 2. The first kappa shape index (κ1) is 21.9. The van der Waals surface area contributed by atoms with E-state index in [4.69, 9.17) is 30.5 Å². The van der Waals surface area contributed by atoms with Gasteiger partial charge in [0, 0.05) is 10.6 Å². The molecule has 1 saturated heterocycles. The predicted molar refractivity (Wildman–Crippen MR) is 116 cm³/mol. The molecule has 0 saturated carbocycles. The Kier molecular flexibility index (Phi) is 7.12. The largest absolute Gasteiger partial charge is 0.493 e. The van der Waals surface area contributed by atoms with E-state index in [0.717, 1.165) is 16.7 Å². The van der Waals surface area contributed by atoms with Crippen LogP contribution in [0, 0.1) is 0 Å². The molecule has 0 bridgehead atoms. The number of nitrogens with zero attached hydrogens (tertiary/aromatic N) is 1. The second kappa shape index (κ2) is 9.77. The van der Waals surface area contributed by atoms with Crippen molar-refractivity contribution in [2.24, 2.45) is 0 Å². The third-order valence-electron chi connectivity index (χ3n) is 4.29. The fourth-order valence-corrected chi connectivity index (χ4v) is 3.84. The molecule has 0 aliphatic carbocycles. The van der Waals surface area contributed by atoms with Crippen molar-refractivity contribution in [1.82, 2.24) is 4.90 Å². The molecule has 0 N–H and O–H groups in total. The Bertz CT molecular complexity index is 976. The molecule has 2 amide bonds. The van der Waals surface area contributed by atoms with Crippen LogP contribution in [0.4, 0.5) is 4.79 Å². The number of hydrogen-bond donors (Lipinski definition) is 0. The highest BCUT2D eigenvalue weighted by Gasteiger charge is 2.35. The van der Waals surface area contributed by atoms with Crippen LogP contribution >= 0.6 is 23.4 Å². The predicted octanol–water partition coefficient (Wildman–Crippen LogP) is 4.48. The van der Waals surface area contributed by atoms with Gasteiger partial charge in [0.1, 0.15) is 12.4 Å². The van der Waals surface area contributed by atoms with E-state index in [-0.39, 0.29) is 29.2 Å². The Morgan fingerprint density at radius 3 is 2.30 bits per heavy atom. The summed E-state index contributed by atoms with van der Waals surface area (Å²) in [5, 5.41) is 0.245. The number of amides is 2. The number of thioether (sulfide) groups is 1. The van der Waals surface area contributed by atoms with Gasteiger partial charge in [0.25, 0.3) is 11.1 Å². The summed E-state index contributed by atoms with van der Waals surface area (Å²) in [5.41, 5.74) is 0.595. The van der Waals surface area contributed by atoms with Gasteiger partial charge in [-0.25, -0.2) is 0 Å². The molecule has 9 heteroatoms. The van der Waals surface area contributed by atoms with Crippen LogP contribution in [0.3, 0.4) is 0 Å². The Hall–Kier alpha value is -2.84. The third kappa shape index (κ3) is 4.66. The summed E-state index contributed by atoms with van der Waals surface area (Å²) in [6.45, 7) is 0.306. The van der Waals surface area contributed by atoms with Crippen molar-refractivity contribution in [3.8, 4) is 23.0 Å². The zero-order valence-corrected chi connectivity index (χ0v) is 18.2. The van der Waals surface area contributed by atoms with E-state index in [1.54, 1.807) is 42.5 Å². The van der Waals surface area contributed by atoms with E-state index >= 15 is 0 Å². The molecular weight excluding hydrogens is 430 g/mol. The number of carbonyl (C=O) groups excluding carboxylic acids is 2. The Morgan fingerprint density at radius 2 is 1.67 bits per heavy atom. The van der Waals surface area contributed by atoms with E-state index in [0.29, 0.717) is 33.6 Å². The van der Waals surface area contributed by atoms with Gasteiger partial charge in [-0.05, 0) is 54.2 Å². The topological polar surface area (TPSA) is 74.3 Å². The normalized spacial score (nSPS) is 14.9. The van der Waals surface area contributed by atoms with Crippen LogP contribution in [-0.2, 0) is 4.79 Å². The molecule has 1 aliphatic heterocycles. The van der Waals surface area contributed by atoms with Gasteiger partial charge >= 0.3 is 0 Å². The van der Waals surface area contributed by atoms with Crippen molar-refractivity contribution >= 4 is 40.6 Å². The van der Waals surface area contributed by atoms with Crippen molar-refractivity contribution in [3.63, 3.8) is 0 Å². The van der Waals surface area contributed by atoms with Crippen LogP contribution in [0.1, 0.15) is 5.56 Å². The second-order valence-corrected chi connectivity index (χ2v) is 7.49. The van der Waals surface area contributed by atoms with Crippen molar-refractivity contribution in [1.29, 1.82) is 0 Å². The highest BCUT2D eigenvalue weighted by Crippen LogP contribution is 2.42. The summed E-state index contributed by atoms with van der Waals surface area (Å²) >= 11 is 6.71. The minimum Gasteiger partial charge on any atom is -0.493 e. The summed E-state index contributed by atoms with van der Waals surface area (Å²) in [7, 11) is 4.52. The zero-order valence-electron chi connectivity index (χ0n) is 16.6. The molecule has 1 heterocycles. The van der Waals surface area contributed by atoms with Crippen molar-refractivity contribution < 1.29 is 28.5 Å². The molecule has 1 aliphatic rings. The third-order valence-corrected chi connectivity index (χ3v) is 5.45. The zero-order chi connectivity index (χ0) is 21.7.